The molecule has 3 N–H and O–H groups in total. The van der Waals surface area contributed by atoms with E-state index in [-0.39, 0.29) is 0 Å². The van der Waals surface area contributed by atoms with Gasteiger partial charge in [0.25, 0.3) is 0 Å². The maximum absolute atomic E-state index is 9.74. The highest BCUT2D eigenvalue weighted by Crippen LogP contribution is 2.45. The lowest BCUT2D eigenvalue weighted by Gasteiger charge is -2.42. The summed E-state index contributed by atoms with van der Waals surface area (Å²) in [6.07, 6.45) is 5.89. The van der Waals surface area contributed by atoms with Gasteiger partial charge in [-0.1, -0.05) is 65.3 Å². The van der Waals surface area contributed by atoms with Crippen molar-refractivity contribution in [2.75, 3.05) is 31.1 Å². The third-order valence-electron chi connectivity index (χ3n) is 8.23. The summed E-state index contributed by atoms with van der Waals surface area (Å²) in [4.78, 5) is 11.9. The maximum atomic E-state index is 9.74. The van der Waals surface area contributed by atoms with Crippen molar-refractivity contribution in [3.8, 4) is 0 Å². The van der Waals surface area contributed by atoms with Gasteiger partial charge in [-0.05, 0) is 61.5 Å². The molecule has 1 saturated heterocycles. The van der Waals surface area contributed by atoms with Gasteiger partial charge in [0.05, 0.1) is 0 Å². The third-order valence-corrected chi connectivity index (χ3v) is 8.23. The number of rotatable bonds is 10. The Morgan fingerprint density at radius 2 is 1.67 bits per heavy atom. The highest BCUT2D eigenvalue weighted by molar-refractivity contribution is 5.79. The SMILES string of the molecule is CCCC(C)(C)C(C)(C)CCCc1cccc(/C(=C(\C)N)c2nc(C)cc(N3CCN(O)CC3)n2)c1. The molecule has 6 heteroatoms. The first kappa shape index (κ1) is 28.1. The fourth-order valence-corrected chi connectivity index (χ4v) is 5.20. The Hall–Kier alpha value is -2.44. The van der Waals surface area contributed by atoms with Crippen LogP contribution in [0.1, 0.15) is 89.9 Å². The van der Waals surface area contributed by atoms with Crippen molar-refractivity contribution in [3.05, 3.63) is 58.7 Å². The first-order valence-corrected chi connectivity index (χ1v) is 13.5. The Kier molecular flexibility index (Phi) is 9.18. The number of hydrogen-bond donors (Lipinski definition) is 2. The van der Waals surface area contributed by atoms with Gasteiger partial charge in [0, 0.05) is 49.2 Å². The molecule has 0 bridgehead atoms. The van der Waals surface area contributed by atoms with Gasteiger partial charge in [-0.25, -0.2) is 9.97 Å². The molecule has 2 aromatic rings. The average molecular weight is 494 g/mol. The summed E-state index contributed by atoms with van der Waals surface area (Å²) in [5, 5.41) is 11.1. The average Bonchev–Trinajstić information content (AvgIpc) is 2.79. The van der Waals surface area contributed by atoms with Crippen LogP contribution in [-0.4, -0.2) is 46.4 Å². The van der Waals surface area contributed by atoms with E-state index in [0.717, 1.165) is 48.6 Å². The second kappa shape index (κ2) is 11.7. The fourth-order valence-electron chi connectivity index (χ4n) is 5.20. The molecule has 6 nitrogen and oxygen atoms in total. The number of allylic oxidation sites excluding steroid dienone is 1. The lowest BCUT2D eigenvalue weighted by atomic mass is 9.63. The topological polar surface area (TPSA) is 78.5 Å². The quantitative estimate of drug-likeness (QED) is 0.410. The van der Waals surface area contributed by atoms with Crippen LogP contribution < -0.4 is 10.6 Å². The summed E-state index contributed by atoms with van der Waals surface area (Å²) in [7, 11) is 0. The zero-order chi connectivity index (χ0) is 26.5. The van der Waals surface area contributed by atoms with Crippen molar-refractivity contribution in [2.45, 2.75) is 80.6 Å². The Morgan fingerprint density at radius 3 is 2.31 bits per heavy atom. The number of aromatic nitrogens is 2. The fraction of sp³-hybridized carbons (Fsp3) is 0.600. The number of aryl methyl sites for hydroxylation is 2. The number of nitrogens with zero attached hydrogens (tertiary/aromatic N) is 4. The number of hydroxylamine groups is 2. The molecule has 0 saturated carbocycles. The molecule has 1 aliphatic rings. The molecule has 0 unspecified atom stereocenters. The number of anilines is 1. The van der Waals surface area contributed by atoms with Gasteiger partial charge in [-0.15, -0.1) is 0 Å². The zero-order valence-electron chi connectivity index (χ0n) is 23.6. The van der Waals surface area contributed by atoms with Crippen molar-refractivity contribution in [2.24, 2.45) is 16.6 Å². The molecule has 1 aromatic carbocycles. The lowest BCUT2D eigenvalue weighted by molar-refractivity contribution is -0.0936. The van der Waals surface area contributed by atoms with Crippen LogP contribution in [-0.2, 0) is 6.42 Å². The smallest absolute Gasteiger partial charge is 0.164 e. The molecule has 0 atom stereocenters. The molecule has 2 heterocycles. The lowest BCUT2D eigenvalue weighted by Crippen LogP contribution is -2.45. The highest BCUT2D eigenvalue weighted by atomic mass is 16.5. The van der Waals surface area contributed by atoms with E-state index in [2.05, 4.69) is 63.8 Å². The minimum Gasteiger partial charge on any atom is -0.402 e. The molecular weight excluding hydrogens is 446 g/mol. The van der Waals surface area contributed by atoms with Gasteiger partial charge in [0.15, 0.2) is 5.82 Å². The maximum Gasteiger partial charge on any atom is 0.164 e. The first-order valence-electron chi connectivity index (χ1n) is 13.5. The van der Waals surface area contributed by atoms with E-state index < -0.39 is 0 Å². The number of hydrogen-bond acceptors (Lipinski definition) is 6. The Morgan fingerprint density at radius 1 is 1.00 bits per heavy atom. The van der Waals surface area contributed by atoms with Crippen LogP contribution in [0.4, 0.5) is 5.82 Å². The largest absolute Gasteiger partial charge is 0.402 e. The number of nitrogens with two attached hydrogens (primary N) is 1. The van der Waals surface area contributed by atoms with Gasteiger partial charge < -0.3 is 15.8 Å². The molecule has 1 fully saturated rings. The first-order chi connectivity index (χ1) is 16.9. The summed E-state index contributed by atoms with van der Waals surface area (Å²) >= 11 is 0. The van der Waals surface area contributed by atoms with E-state index >= 15 is 0 Å². The van der Waals surface area contributed by atoms with Gasteiger partial charge in [0.1, 0.15) is 5.82 Å². The molecule has 0 amide bonds. The van der Waals surface area contributed by atoms with Crippen LogP contribution >= 0.6 is 0 Å². The van der Waals surface area contributed by atoms with E-state index in [9.17, 15) is 5.21 Å². The van der Waals surface area contributed by atoms with Gasteiger partial charge >= 0.3 is 0 Å². The van der Waals surface area contributed by atoms with Gasteiger partial charge in [-0.3, -0.25) is 0 Å². The molecular formula is C30H47N5O. The normalized spacial score (nSPS) is 16.3. The monoisotopic (exact) mass is 493 g/mol. The van der Waals surface area contributed by atoms with Crippen LogP contribution in [0.15, 0.2) is 36.0 Å². The third kappa shape index (κ3) is 6.86. The molecule has 1 aromatic heterocycles. The summed E-state index contributed by atoms with van der Waals surface area (Å²) in [6, 6.07) is 10.7. The standard InChI is InChI=1S/C30H47N5O/c1-8-14-29(4,5)30(6,7)15-10-12-24-11-9-13-25(21-24)27(23(3)31)28-32-22(2)20-26(33-28)34-16-18-35(36)19-17-34/h9,11,13,20-21,36H,8,10,12,14-19,31H2,1-7H3/b27-23-. The Balaban J connectivity index is 1.80. The molecule has 198 valence electrons. The Bertz CT molecular complexity index is 1050. The molecule has 0 spiro atoms. The highest BCUT2D eigenvalue weighted by Gasteiger charge is 2.35. The molecule has 0 aliphatic carbocycles. The molecule has 1 aliphatic heterocycles. The predicted octanol–water partition coefficient (Wildman–Crippen LogP) is 6.21. The van der Waals surface area contributed by atoms with Crippen LogP contribution in [0, 0.1) is 17.8 Å². The van der Waals surface area contributed by atoms with E-state index in [1.807, 2.05) is 19.9 Å². The van der Waals surface area contributed by atoms with Crippen molar-refractivity contribution >= 4 is 11.4 Å². The van der Waals surface area contributed by atoms with E-state index in [1.165, 1.54) is 29.9 Å². The van der Waals surface area contributed by atoms with Crippen molar-refractivity contribution in [1.82, 2.24) is 15.0 Å². The second-order valence-electron chi connectivity index (χ2n) is 11.8. The molecule has 0 radical (unpaired) electrons. The summed E-state index contributed by atoms with van der Waals surface area (Å²) in [5.74, 6) is 1.55. The Labute approximate surface area is 218 Å². The van der Waals surface area contributed by atoms with Crippen molar-refractivity contribution < 1.29 is 5.21 Å². The number of piperazine rings is 1. The van der Waals surface area contributed by atoms with Crippen LogP contribution in [0.3, 0.4) is 0 Å². The minimum absolute atomic E-state index is 0.298. The van der Waals surface area contributed by atoms with E-state index in [4.69, 9.17) is 15.7 Å². The van der Waals surface area contributed by atoms with Crippen LogP contribution in [0.25, 0.3) is 5.57 Å². The molecule has 36 heavy (non-hydrogen) atoms. The zero-order valence-corrected chi connectivity index (χ0v) is 23.6. The summed E-state index contributed by atoms with van der Waals surface area (Å²) in [6.45, 7) is 18.5. The second-order valence-corrected chi connectivity index (χ2v) is 11.8. The summed E-state index contributed by atoms with van der Waals surface area (Å²) in [5.41, 5.74) is 12.0. The summed E-state index contributed by atoms with van der Waals surface area (Å²) < 4.78 is 0. The van der Waals surface area contributed by atoms with E-state index in [0.29, 0.717) is 35.4 Å². The van der Waals surface area contributed by atoms with Crippen molar-refractivity contribution in [3.63, 3.8) is 0 Å². The van der Waals surface area contributed by atoms with Gasteiger partial charge in [-0.2, -0.15) is 5.06 Å². The van der Waals surface area contributed by atoms with Crippen LogP contribution in [0.2, 0.25) is 0 Å². The number of benzene rings is 1. The predicted molar refractivity (Wildman–Crippen MR) is 150 cm³/mol. The van der Waals surface area contributed by atoms with E-state index in [1.54, 1.807) is 0 Å². The van der Waals surface area contributed by atoms with Crippen molar-refractivity contribution in [1.29, 1.82) is 0 Å². The van der Waals surface area contributed by atoms with Gasteiger partial charge in [0.2, 0.25) is 0 Å². The molecule has 3 rings (SSSR count). The minimum atomic E-state index is 0.298. The van der Waals surface area contributed by atoms with Crippen LogP contribution in [0.5, 0.6) is 0 Å².